The molecule has 1 aliphatic carbocycles. The summed E-state index contributed by atoms with van der Waals surface area (Å²) >= 11 is 0. The first-order valence-electron chi connectivity index (χ1n) is 10.1. The van der Waals surface area contributed by atoms with Crippen LogP contribution in [0.1, 0.15) is 44.2 Å². The number of amides is 2. The number of hydrogen-bond acceptors (Lipinski definition) is 4. The van der Waals surface area contributed by atoms with E-state index in [2.05, 4.69) is 5.32 Å². The van der Waals surface area contributed by atoms with E-state index in [1.807, 2.05) is 13.8 Å². The Morgan fingerprint density at radius 1 is 1.27 bits per heavy atom. The molecule has 6 nitrogen and oxygen atoms in total. The standard InChI is InChI=1S/C21H25F3N4O2/c1-13(2)9-19(29)28-8-7-27(12-18(28)20(30)26-15-4-5-15)16-6-3-14(11-25)17(10-16)21(22,23)24/h3,6,10,13,15,18H,4-5,7-9,12H2,1-2H3,(H,26,30). The number of nitriles is 1. The largest absolute Gasteiger partial charge is 0.417 e. The molecule has 0 bridgehead atoms. The number of piperazine rings is 1. The smallest absolute Gasteiger partial charge is 0.367 e. The highest BCUT2D eigenvalue weighted by atomic mass is 19.4. The molecule has 1 N–H and O–H groups in total. The molecule has 1 atom stereocenters. The predicted molar refractivity (Wildman–Crippen MR) is 104 cm³/mol. The lowest BCUT2D eigenvalue weighted by atomic mass is 10.0. The number of anilines is 1. The Balaban J connectivity index is 1.85. The fourth-order valence-corrected chi connectivity index (χ4v) is 3.59. The Labute approximate surface area is 173 Å². The van der Waals surface area contributed by atoms with Gasteiger partial charge in [-0.15, -0.1) is 0 Å². The van der Waals surface area contributed by atoms with Crippen LogP contribution in [0.4, 0.5) is 18.9 Å². The van der Waals surface area contributed by atoms with Crippen molar-refractivity contribution in [2.75, 3.05) is 24.5 Å². The van der Waals surface area contributed by atoms with Gasteiger partial charge in [0.05, 0.1) is 17.2 Å². The minimum Gasteiger partial charge on any atom is -0.367 e. The summed E-state index contributed by atoms with van der Waals surface area (Å²) in [5.74, 6) is -0.268. The number of benzene rings is 1. The van der Waals surface area contributed by atoms with E-state index in [4.69, 9.17) is 5.26 Å². The molecule has 2 amide bonds. The monoisotopic (exact) mass is 422 g/mol. The summed E-state index contributed by atoms with van der Waals surface area (Å²) in [7, 11) is 0. The van der Waals surface area contributed by atoms with Crippen molar-refractivity contribution in [3.05, 3.63) is 29.3 Å². The maximum absolute atomic E-state index is 13.3. The van der Waals surface area contributed by atoms with Gasteiger partial charge in [-0.1, -0.05) is 13.8 Å². The highest BCUT2D eigenvalue weighted by Crippen LogP contribution is 2.35. The molecule has 1 saturated carbocycles. The van der Waals surface area contributed by atoms with Crippen molar-refractivity contribution in [3.63, 3.8) is 0 Å². The molecule has 1 unspecified atom stereocenters. The first-order valence-corrected chi connectivity index (χ1v) is 10.1. The minimum atomic E-state index is -4.65. The molecule has 2 fully saturated rings. The van der Waals surface area contributed by atoms with Crippen LogP contribution in [0.25, 0.3) is 0 Å². The summed E-state index contributed by atoms with van der Waals surface area (Å²) in [6.45, 7) is 4.49. The summed E-state index contributed by atoms with van der Waals surface area (Å²) in [4.78, 5) is 28.7. The average molecular weight is 422 g/mol. The van der Waals surface area contributed by atoms with Crippen molar-refractivity contribution >= 4 is 17.5 Å². The van der Waals surface area contributed by atoms with Crippen molar-refractivity contribution in [3.8, 4) is 6.07 Å². The molecule has 1 aromatic carbocycles. The van der Waals surface area contributed by atoms with E-state index in [9.17, 15) is 22.8 Å². The zero-order chi connectivity index (χ0) is 22.1. The highest BCUT2D eigenvalue weighted by Gasteiger charge is 2.39. The maximum atomic E-state index is 13.3. The molecule has 1 aliphatic heterocycles. The molecule has 1 aromatic rings. The summed E-state index contributed by atoms with van der Waals surface area (Å²) in [5, 5.41) is 11.9. The van der Waals surface area contributed by atoms with E-state index >= 15 is 0 Å². The summed E-state index contributed by atoms with van der Waals surface area (Å²) in [6, 6.07) is 4.46. The van der Waals surface area contributed by atoms with Crippen LogP contribution in [0, 0.1) is 17.2 Å². The molecule has 30 heavy (non-hydrogen) atoms. The Morgan fingerprint density at radius 2 is 1.97 bits per heavy atom. The summed E-state index contributed by atoms with van der Waals surface area (Å²) in [6.07, 6.45) is -2.56. The van der Waals surface area contributed by atoms with E-state index in [1.165, 1.54) is 6.07 Å². The van der Waals surface area contributed by atoms with Gasteiger partial charge >= 0.3 is 6.18 Å². The molecule has 1 saturated heterocycles. The number of rotatable bonds is 5. The molecule has 1 heterocycles. The second-order valence-corrected chi connectivity index (χ2v) is 8.27. The first-order chi connectivity index (χ1) is 14.1. The van der Waals surface area contributed by atoms with Gasteiger partial charge in [0.2, 0.25) is 11.8 Å². The van der Waals surface area contributed by atoms with Gasteiger partial charge in [-0.2, -0.15) is 18.4 Å². The predicted octanol–water partition coefficient (Wildman–Crippen LogP) is 2.92. The highest BCUT2D eigenvalue weighted by molar-refractivity contribution is 5.89. The van der Waals surface area contributed by atoms with Crippen LogP contribution in [-0.2, 0) is 15.8 Å². The van der Waals surface area contributed by atoms with Gasteiger partial charge in [0.25, 0.3) is 0 Å². The number of hydrogen-bond donors (Lipinski definition) is 1. The Kier molecular flexibility index (Phi) is 6.25. The molecule has 162 valence electrons. The molecular formula is C21H25F3N4O2. The number of nitrogens with zero attached hydrogens (tertiary/aromatic N) is 3. The van der Waals surface area contributed by atoms with E-state index in [-0.39, 0.29) is 42.6 Å². The number of carbonyl (C=O) groups excluding carboxylic acids is 2. The third-order valence-corrected chi connectivity index (χ3v) is 5.30. The van der Waals surface area contributed by atoms with Gasteiger partial charge < -0.3 is 15.1 Å². The van der Waals surface area contributed by atoms with Crippen LogP contribution in [0.5, 0.6) is 0 Å². The SMILES string of the molecule is CC(C)CC(=O)N1CCN(c2ccc(C#N)c(C(F)(F)F)c2)CC1C(=O)NC1CC1. The first kappa shape index (κ1) is 21.9. The van der Waals surface area contributed by atoms with E-state index in [1.54, 1.807) is 15.9 Å². The van der Waals surface area contributed by atoms with Gasteiger partial charge in [-0.3, -0.25) is 9.59 Å². The Bertz CT molecular complexity index is 859. The average Bonchev–Trinajstić information content (AvgIpc) is 3.49. The fourth-order valence-electron chi connectivity index (χ4n) is 3.59. The fraction of sp³-hybridized carbons (Fsp3) is 0.571. The molecule has 9 heteroatoms. The van der Waals surface area contributed by atoms with Crippen LogP contribution < -0.4 is 10.2 Å². The number of nitrogens with one attached hydrogen (secondary N) is 1. The van der Waals surface area contributed by atoms with Crippen molar-refractivity contribution in [2.24, 2.45) is 5.92 Å². The van der Waals surface area contributed by atoms with Gasteiger partial charge in [0.1, 0.15) is 6.04 Å². The second kappa shape index (κ2) is 8.54. The van der Waals surface area contributed by atoms with Crippen molar-refractivity contribution in [1.29, 1.82) is 5.26 Å². The Hall–Kier alpha value is -2.76. The number of carbonyl (C=O) groups is 2. The maximum Gasteiger partial charge on any atom is 0.417 e. The van der Waals surface area contributed by atoms with Crippen LogP contribution in [-0.4, -0.2) is 48.4 Å². The van der Waals surface area contributed by atoms with E-state index < -0.39 is 23.3 Å². The lowest BCUT2D eigenvalue weighted by Gasteiger charge is -2.42. The van der Waals surface area contributed by atoms with Crippen LogP contribution in [0.3, 0.4) is 0 Å². The third-order valence-electron chi connectivity index (χ3n) is 5.30. The zero-order valence-electron chi connectivity index (χ0n) is 17.0. The van der Waals surface area contributed by atoms with Crippen molar-refractivity contribution < 1.29 is 22.8 Å². The topological polar surface area (TPSA) is 76.4 Å². The van der Waals surface area contributed by atoms with Gasteiger partial charge in [0.15, 0.2) is 0 Å². The third kappa shape index (κ3) is 5.04. The molecule has 2 aliphatic rings. The van der Waals surface area contributed by atoms with Crippen molar-refractivity contribution in [1.82, 2.24) is 10.2 Å². The van der Waals surface area contributed by atoms with Gasteiger partial charge in [-0.05, 0) is 37.0 Å². The zero-order valence-corrected chi connectivity index (χ0v) is 17.0. The summed E-state index contributed by atoms with van der Waals surface area (Å²) in [5.41, 5.74) is -1.17. The Morgan fingerprint density at radius 3 is 2.53 bits per heavy atom. The van der Waals surface area contributed by atoms with E-state index in [0.29, 0.717) is 13.0 Å². The minimum absolute atomic E-state index is 0.103. The molecule has 3 rings (SSSR count). The quantitative estimate of drug-likeness (QED) is 0.792. The molecule has 0 spiro atoms. The normalized spacial score (nSPS) is 19.6. The van der Waals surface area contributed by atoms with Gasteiger partial charge in [-0.25, -0.2) is 0 Å². The van der Waals surface area contributed by atoms with Crippen LogP contribution in [0.2, 0.25) is 0 Å². The second-order valence-electron chi connectivity index (χ2n) is 8.27. The lowest BCUT2D eigenvalue weighted by Crippen LogP contribution is -2.61. The number of alkyl halides is 3. The molecule has 0 aromatic heterocycles. The molecule has 0 radical (unpaired) electrons. The van der Waals surface area contributed by atoms with Crippen molar-refractivity contribution in [2.45, 2.75) is 51.4 Å². The number of halogens is 3. The van der Waals surface area contributed by atoms with Crippen LogP contribution in [0.15, 0.2) is 18.2 Å². The van der Waals surface area contributed by atoms with Crippen LogP contribution >= 0.6 is 0 Å². The van der Waals surface area contributed by atoms with Gasteiger partial charge in [0, 0.05) is 37.8 Å². The summed E-state index contributed by atoms with van der Waals surface area (Å²) < 4.78 is 40.0. The van der Waals surface area contributed by atoms with E-state index in [0.717, 1.165) is 25.0 Å². The lowest BCUT2D eigenvalue weighted by molar-refractivity contribution is -0.141. The molecular weight excluding hydrogens is 397 g/mol.